The lowest BCUT2D eigenvalue weighted by atomic mass is 9.97. The van der Waals surface area contributed by atoms with Gasteiger partial charge in [0.05, 0.1) is 0 Å². The summed E-state index contributed by atoms with van der Waals surface area (Å²) in [5, 5.41) is 0. The van der Waals surface area contributed by atoms with Gasteiger partial charge in [-0.05, 0) is 54.5 Å². The van der Waals surface area contributed by atoms with Crippen molar-refractivity contribution in [3.05, 3.63) is 42.0 Å². The molecular formula is C16H22BrN3O4S2. The van der Waals surface area contributed by atoms with Crippen LogP contribution in [0.2, 0.25) is 0 Å². The molecule has 0 spiro atoms. The molecule has 1 aromatic heterocycles. The second-order valence-corrected chi connectivity index (χ2v) is 11.7. The van der Waals surface area contributed by atoms with E-state index in [1.54, 1.807) is 11.6 Å². The van der Waals surface area contributed by atoms with Crippen LogP contribution in [0, 0.1) is 0 Å². The summed E-state index contributed by atoms with van der Waals surface area (Å²) in [5.74, 6) is 0. The Morgan fingerprint density at radius 2 is 2.08 bits per heavy atom. The summed E-state index contributed by atoms with van der Waals surface area (Å²) in [4.78, 5) is 26.5. The van der Waals surface area contributed by atoms with E-state index in [-0.39, 0.29) is 5.56 Å². The standard InChI is InChI=1S/C16H22BrN3O4S2/c1-19(26(23,24)14-8-7-13(17)25-14)9-4-10-20-12-6-3-2-5-11(12)15(21)18-16(20)22/h7,14H,2-6,8-10H2,1H3,(H,18,21,22). The Labute approximate surface area is 165 Å². The SMILES string of the molecule is CN(CCCn1c2c(c(=O)[nH]c1=O)CCCC2)S(=O)(=O)C1CC=C(Br)S1. The molecule has 26 heavy (non-hydrogen) atoms. The van der Waals surface area contributed by atoms with Crippen LogP contribution in [-0.2, 0) is 29.4 Å². The minimum absolute atomic E-state index is 0.281. The molecule has 0 radical (unpaired) electrons. The van der Waals surface area contributed by atoms with E-state index in [1.807, 2.05) is 6.08 Å². The second-order valence-electron chi connectivity index (χ2n) is 6.55. The van der Waals surface area contributed by atoms with Gasteiger partial charge in [0.15, 0.2) is 0 Å². The zero-order valence-corrected chi connectivity index (χ0v) is 17.8. The molecule has 1 N–H and O–H groups in total. The summed E-state index contributed by atoms with van der Waals surface area (Å²) in [6.07, 6.45) is 6.21. The number of fused-ring (bicyclic) bond motifs is 1. The Bertz CT molecular complexity index is 936. The molecule has 0 saturated carbocycles. The predicted octanol–water partition coefficient (Wildman–Crippen LogP) is 1.77. The predicted molar refractivity (Wildman–Crippen MR) is 107 cm³/mol. The van der Waals surface area contributed by atoms with Crippen molar-refractivity contribution in [2.45, 2.75) is 49.7 Å². The molecule has 1 atom stereocenters. The maximum Gasteiger partial charge on any atom is 0.328 e. The van der Waals surface area contributed by atoms with Gasteiger partial charge in [0.1, 0.15) is 4.58 Å². The minimum atomic E-state index is -3.39. The second kappa shape index (κ2) is 8.04. The average molecular weight is 464 g/mol. The molecule has 0 amide bonds. The molecule has 10 heteroatoms. The quantitative estimate of drug-likeness (QED) is 0.693. The van der Waals surface area contributed by atoms with Crippen molar-refractivity contribution in [3.8, 4) is 0 Å². The first kappa shape index (κ1) is 19.9. The van der Waals surface area contributed by atoms with Gasteiger partial charge in [0.25, 0.3) is 5.56 Å². The fourth-order valence-electron chi connectivity index (χ4n) is 3.40. The first-order valence-corrected chi connectivity index (χ1v) is 11.8. The van der Waals surface area contributed by atoms with E-state index >= 15 is 0 Å². The van der Waals surface area contributed by atoms with E-state index < -0.39 is 20.3 Å². The van der Waals surface area contributed by atoms with E-state index in [1.165, 1.54) is 16.1 Å². The zero-order valence-electron chi connectivity index (χ0n) is 14.5. The van der Waals surface area contributed by atoms with Crippen molar-refractivity contribution < 1.29 is 8.42 Å². The van der Waals surface area contributed by atoms with E-state index in [2.05, 4.69) is 20.9 Å². The number of hydrogen-bond donors (Lipinski definition) is 1. The third-order valence-electron chi connectivity index (χ3n) is 4.84. The highest BCUT2D eigenvalue weighted by molar-refractivity contribution is 9.14. The van der Waals surface area contributed by atoms with Gasteiger partial charge in [-0.15, -0.1) is 0 Å². The summed E-state index contributed by atoms with van der Waals surface area (Å²) in [6.45, 7) is 0.731. The van der Waals surface area contributed by atoms with Gasteiger partial charge < -0.3 is 0 Å². The van der Waals surface area contributed by atoms with Gasteiger partial charge in [0.2, 0.25) is 10.0 Å². The number of halogens is 1. The third kappa shape index (κ3) is 4.02. The van der Waals surface area contributed by atoms with Crippen LogP contribution >= 0.6 is 27.7 Å². The van der Waals surface area contributed by atoms with E-state index in [4.69, 9.17) is 0 Å². The monoisotopic (exact) mass is 463 g/mol. The number of rotatable bonds is 6. The lowest BCUT2D eigenvalue weighted by Gasteiger charge is -2.23. The van der Waals surface area contributed by atoms with Crippen molar-refractivity contribution in [1.82, 2.24) is 13.9 Å². The number of hydrogen-bond acceptors (Lipinski definition) is 5. The molecule has 7 nitrogen and oxygen atoms in total. The molecule has 3 rings (SSSR count). The number of thioether (sulfide) groups is 1. The van der Waals surface area contributed by atoms with E-state index in [0.717, 1.165) is 28.8 Å². The number of nitrogens with zero attached hydrogens (tertiary/aromatic N) is 2. The summed E-state index contributed by atoms with van der Waals surface area (Å²) in [5.41, 5.74) is 0.836. The summed E-state index contributed by atoms with van der Waals surface area (Å²) in [6, 6.07) is 0. The van der Waals surface area contributed by atoms with Crippen LogP contribution in [0.15, 0.2) is 19.5 Å². The van der Waals surface area contributed by atoms with Gasteiger partial charge >= 0.3 is 5.69 Å². The van der Waals surface area contributed by atoms with Crippen molar-refractivity contribution in [3.63, 3.8) is 0 Å². The minimum Gasteiger partial charge on any atom is -0.297 e. The fourth-order valence-corrected chi connectivity index (χ4v) is 7.64. The number of nitrogens with one attached hydrogen (secondary N) is 1. The molecule has 1 aliphatic heterocycles. The Hall–Kier alpha value is -0.840. The highest BCUT2D eigenvalue weighted by Crippen LogP contribution is 2.39. The van der Waals surface area contributed by atoms with Crippen LogP contribution in [0.25, 0.3) is 0 Å². The van der Waals surface area contributed by atoms with Crippen LogP contribution in [0.5, 0.6) is 0 Å². The highest BCUT2D eigenvalue weighted by Gasteiger charge is 2.33. The van der Waals surface area contributed by atoms with E-state index in [0.29, 0.717) is 37.9 Å². The van der Waals surface area contributed by atoms with Gasteiger partial charge in [-0.1, -0.05) is 17.8 Å². The average Bonchev–Trinajstić information content (AvgIpc) is 3.05. The van der Waals surface area contributed by atoms with E-state index in [9.17, 15) is 18.0 Å². The molecule has 2 heterocycles. The Balaban J connectivity index is 1.67. The number of allylic oxidation sites excluding steroid dienone is 1. The molecule has 1 aromatic rings. The molecule has 0 fully saturated rings. The first-order valence-electron chi connectivity index (χ1n) is 8.63. The summed E-state index contributed by atoms with van der Waals surface area (Å²) < 4.78 is 28.5. The number of sulfonamides is 1. The lowest BCUT2D eigenvalue weighted by Crippen LogP contribution is -2.38. The van der Waals surface area contributed by atoms with Gasteiger partial charge in [-0.25, -0.2) is 17.5 Å². The molecule has 1 unspecified atom stereocenters. The van der Waals surface area contributed by atoms with Crippen molar-refractivity contribution >= 4 is 37.7 Å². The zero-order chi connectivity index (χ0) is 18.9. The highest BCUT2D eigenvalue weighted by atomic mass is 79.9. The largest absolute Gasteiger partial charge is 0.328 e. The molecule has 0 bridgehead atoms. The van der Waals surface area contributed by atoms with Crippen LogP contribution in [0.1, 0.15) is 36.9 Å². The molecule has 1 aliphatic carbocycles. The number of aromatic amines is 1. The van der Waals surface area contributed by atoms with Crippen molar-refractivity contribution in [1.29, 1.82) is 0 Å². The maximum absolute atomic E-state index is 12.6. The molecule has 144 valence electrons. The summed E-state index contributed by atoms with van der Waals surface area (Å²) >= 11 is 4.63. The molecule has 0 saturated heterocycles. The fraction of sp³-hybridized carbons (Fsp3) is 0.625. The summed E-state index contributed by atoms with van der Waals surface area (Å²) in [7, 11) is -1.81. The molecule has 0 aromatic carbocycles. The smallest absolute Gasteiger partial charge is 0.297 e. The Morgan fingerprint density at radius 1 is 1.35 bits per heavy atom. The van der Waals surface area contributed by atoms with Crippen molar-refractivity contribution in [2.75, 3.05) is 13.6 Å². The third-order valence-corrected chi connectivity index (χ3v) is 9.50. The maximum atomic E-state index is 12.6. The lowest BCUT2D eigenvalue weighted by molar-refractivity contribution is 0.434. The van der Waals surface area contributed by atoms with Crippen LogP contribution < -0.4 is 11.2 Å². The Morgan fingerprint density at radius 3 is 2.77 bits per heavy atom. The van der Waals surface area contributed by atoms with Crippen LogP contribution in [-0.4, -0.2) is 40.4 Å². The molecule has 2 aliphatic rings. The van der Waals surface area contributed by atoms with Gasteiger partial charge in [0, 0.05) is 35.2 Å². The molecular weight excluding hydrogens is 442 g/mol. The van der Waals surface area contributed by atoms with Gasteiger partial charge in [-0.2, -0.15) is 0 Å². The first-order chi connectivity index (χ1) is 12.3. The number of H-pyrrole nitrogens is 1. The Kier molecular flexibility index (Phi) is 6.15. The topological polar surface area (TPSA) is 92.2 Å². The van der Waals surface area contributed by atoms with Crippen molar-refractivity contribution in [2.24, 2.45) is 0 Å². The normalized spacial score (nSPS) is 20.3. The van der Waals surface area contributed by atoms with Crippen LogP contribution in [0.4, 0.5) is 0 Å². The van der Waals surface area contributed by atoms with Crippen LogP contribution in [0.3, 0.4) is 0 Å². The number of aromatic nitrogens is 2. The van der Waals surface area contributed by atoms with Gasteiger partial charge in [-0.3, -0.25) is 14.3 Å².